The summed E-state index contributed by atoms with van der Waals surface area (Å²) in [7, 11) is -1.71. The zero-order valence-corrected chi connectivity index (χ0v) is 18.1. The van der Waals surface area contributed by atoms with Crippen molar-refractivity contribution in [1.29, 1.82) is 0 Å². The maximum atomic E-state index is 6.43. The van der Waals surface area contributed by atoms with Crippen molar-refractivity contribution in [3.05, 3.63) is 0 Å². The first-order chi connectivity index (χ1) is 9.54. The molecular formula is C12H32O6Si3. The molecule has 0 saturated carbocycles. The van der Waals surface area contributed by atoms with Crippen LogP contribution in [0.1, 0.15) is 27.7 Å². The van der Waals surface area contributed by atoms with E-state index in [1.165, 1.54) is 0 Å². The lowest BCUT2D eigenvalue weighted by Gasteiger charge is -2.45. The number of hydrogen-bond acceptors (Lipinski definition) is 6. The van der Waals surface area contributed by atoms with E-state index in [1.807, 2.05) is 13.1 Å². The zero-order chi connectivity index (χ0) is 16.9. The van der Waals surface area contributed by atoms with E-state index in [9.17, 15) is 0 Å². The summed E-state index contributed by atoms with van der Waals surface area (Å²) in [5.74, 6) is 0. The quantitative estimate of drug-likeness (QED) is 0.561. The Hall–Kier alpha value is 0.411. The molecule has 6 nitrogen and oxygen atoms in total. The molecule has 0 unspecified atom stereocenters. The van der Waals surface area contributed by atoms with Crippen molar-refractivity contribution in [2.75, 3.05) is 28.4 Å². The van der Waals surface area contributed by atoms with E-state index < -0.39 is 26.2 Å². The van der Waals surface area contributed by atoms with Crippen molar-refractivity contribution in [2.45, 2.75) is 51.9 Å². The lowest BCUT2D eigenvalue weighted by atomic mass is 10.5. The fourth-order valence-corrected chi connectivity index (χ4v) is 14.0. The van der Waals surface area contributed by atoms with E-state index in [4.69, 9.17) is 25.9 Å². The third-order valence-corrected chi connectivity index (χ3v) is 15.5. The van der Waals surface area contributed by atoms with Crippen LogP contribution in [0.5, 0.6) is 0 Å². The van der Waals surface area contributed by atoms with Crippen molar-refractivity contribution in [2.24, 2.45) is 0 Å². The number of hydrogen-bond donors (Lipinski definition) is 0. The van der Waals surface area contributed by atoms with Crippen LogP contribution in [0.15, 0.2) is 0 Å². The molecule has 0 atom stereocenters. The molecule has 0 aromatic carbocycles. The van der Waals surface area contributed by atoms with Gasteiger partial charge in [0.15, 0.2) is 0 Å². The summed E-state index contributed by atoms with van der Waals surface area (Å²) in [6.45, 7) is 12.2. The van der Waals surface area contributed by atoms with Crippen molar-refractivity contribution in [3.63, 3.8) is 0 Å². The molecule has 0 aromatic rings. The van der Waals surface area contributed by atoms with E-state index in [0.717, 1.165) is 0 Å². The van der Waals surface area contributed by atoms with E-state index in [-0.39, 0.29) is 11.1 Å². The zero-order valence-electron chi connectivity index (χ0n) is 15.1. The minimum absolute atomic E-state index is 0.201. The molecule has 0 aromatic heterocycles. The van der Waals surface area contributed by atoms with Crippen LogP contribution in [-0.2, 0) is 25.9 Å². The van der Waals surface area contributed by atoms with Gasteiger partial charge >= 0.3 is 26.2 Å². The van der Waals surface area contributed by atoms with Crippen LogP contribution >= 0.6 is 0 Å². The minimum atomic E-state index is -2.74. The van der Waals surface area contributed by atoms with Gasteiger partial charge in [0, 0.05) is 41.5 Å². The minimum Gasteiger partial charge on any atom is -0.393 e. The molecule has 0 rings (SSSR count). The molecule has 0 saturated heterocycles. The molecule has 0 radical (unpaired) electrons. The third-order valence-electron chi connectivity index (χ3n) is 3.78. The highest BCUT2D eigenvalue weighted by molar-refractivity contribution is 6.85. The summed E-state index contributed by atoms with van der Waals surface area (Å²) < 4.78 is 34.9. The molecule has 0 aliphatic heterocycles. The highest BCUT2D eigenvalue weighted by Gasteiger charge is 2.56. The lowest BCUT2D eigenvalue weighted by Crippen LogP contribution is -2.63. The van der Waals surface area contributed by atoms with Gasteiger partial charge in [-0.1, -0.05) is 27.7 Å². The van der Waals surface area contributed by atoms with Gasteiger partial charge in [-0.25, -0.2) is 0 Å². The monoisotopic (exact) mass is 356 g/mol. The number of rotatable bonds is 10. The summed E-state index contributed by atoms with van der Waals surface area (Å²) in [5, 5.41) is 0. The van der Waals surface area contributed by atoms with Gasteiger partial charge in [-0.15, -0.1) is 0 Å². The van der Waals surface area contributed by atoms with Gasteiger partial charge in [-0.2, -0.15) is 0 Å². The maximum absolute atomic E-state index is 6.43. The molecule has 0 fully saturated rings. The van der Waals surface area contributed by atoms with Crippen molar-refractivity contribution in [1.82, 2.24) is 0 Å². The van der Waals surface area contributed by atoms with Gasteiger partial charge in [0.1, 0.15) is 0 Å². The van der Waals surface area contributed by atoms with Gasteiger partial charge in [0.25, 0.3) is 0 Å². The molecule has 21 heavy (non-hydrogen) atoms. The Kier molecular flexibility index (Phi) is 8.48. The Balaban J connectivity index is 5.67. The van der Waals surface area contributed by atoms with Crippen LogP contribution in [0.25, 0.3) is 0 Å². The van der Waals surface area contributed by atoms with Crippen LogP contribution in [0, 0.1) is 0 Å². The molecule has 0 bridgehead atoms. The van der Waals surface area contributed by atoms with Gasteiger partial charge in [0.2, 0.25) is 0 Å². The average Bonchev–Trinajstić information content (AvgIpc) is 2.45. The van der Waals surface area contributed by atoms with Gasteiger partial charge in [0.05, 0.1) is 0 Å². The average molecular weight is 357 g/mol. The Morgan fingerprint density at radius 3 is 0.952 bits per heavy atom. The Morgan fingerprint density at radius 2 is 0.810 bits per heavy atom. The smallest absolute Gasteiger partial charge is 0.393 e. The van der Waals surface area contributed by atoms with Crippen LogP contribution in [-0.4, -0.2) is 54.6 Å². The summed E-state index contributed by atoms with van der Waals surface area (Å²) in [6.07, 6.45) is 0. The van der Waals surface area contributed by atoms with Crippen LogP contribution in [0.2, 0.25) is 24.2 Å². The summed E-state index contributed by atoms with van der Waals surface area (Å²) >= 11 is 0. The van der Waals surface area contributed by atoms with Gasteiger partial charge in [-0.05, 0) is 11.1 Å². The third kappa shape index (κ3) is 5.22. The van der Waals surface area contributed by atoms with E-state index >= 15 is 0 Å². The van der Waals surface area contributed by atoms with E-state index in [1.54, 1.807) is 28.4 Å². The van der Waals surface area contributed by atoms with E-state index in [0.29, 0.717) is 0 Å². The first-order valence-electron chi connectivity index (χ1n) is 7.15. The van der Waals surface area contributed by atoms with Crippen molar-refractivity contribution >= 4 is 26.2 Å². The fourth-order valence-electron chi connectivity index (χ4n) is 2.07. The van der Waals surface area contributed by atoms with Crippen molar-refractivity contribution < 1.29 is 25.9 Å². The van der Waals surface area contributed by atoms with Crippen LogP contribution in [0.3, 0.4) is 0 Å². The Bertz CT molecular complexity index is 275. The molecular weight excluding hydrogens is 324 g/mol. The second-order valence-corrected chi connectivity index (χ2v) is 16.2. The SMILES string of the molecule is CO[Si](C)(OC)O[Si](O[Si](C)(OC)OC)(C(C)C)C(C)C. The van der Waals surface area contributed by atoms with Crippen molar-refractivity contribution in [3.8, 4) is 0 Å². The molecule has 0 N–H and O–H groups in total. The molecule has 9 heteroatoms. The maximum Gasteiger partial charge on any atom is 0.488 e. The summed E-state index contributed by atoms with van der Waals surface area (Å²) in [5.41, 5.74) is 0.401. The van der Waals surface area contributed by atoms with Crippen LogP contribution in [0.4, 0.5) is 0 Å². The first-order valence-corrected chi connectivity index (χ1v) is 13.6. The molecule has 0 aliphatic carbocycles. The van der Waals surface area contributed by atoms with Gasteiger partial charge in [-0.3, -0.25) is 0 Å². The molecule has 0 aliphatic rings. The highest BCUT2D eigenvalue weighted by atomic mass is 28.5. The largest absolute Gasteiger partial charge is 0.488 e. The second kappa shape index (κ2) is 8.32. The summed E-state index contributed by atoms with van der Waals surface area (Å²) in [4.78, 5) is 0. The predicted octanol–water partition coefficient (Wildman–Crippen LogP) is 3.00. The Morgan fingerprint density at radius 1 is 0.571 bits per heavy atom. The predicted molar refractivity (Wildman–Crippen MR) is 89.4 cm³/mol. The molecule has 0 heterocycles. The fraction of sp³-hybridized carbons (Fsp3) is 1.00. The molecule has 0 spiro atoms. The van der Waals surface area contributed by atoms with Gasteiger partial charge < -0.3 is 25.9 Å². The standard InChI is InChI=1S/C12H32O6Si3/c1-11(2)21(12(3)4,17-19(9,13-5)14-6)18-20(10,15-7)16-8/h11-12H,1-10H3. The normalized spacial score (nSPS) is 14.3. The molecule has 128 valence electrons. The van der Waals surface area contributed by atoms with E-state index in [2.05, 4.69) is 27.7 Å². The second-order valence-electron chi connectivity index (χ2n) is 5.78. The summed E-state index contributed by atoms with van der Waals surface area (Å²) in [6, 6.07) is 0. The highest BCUT2D eigenvalue weighted by Crippen LogP contribution is 2.39. The Labute approximate surface area is 133 Å². The first kappa shape index (κ1) is 21.4. The topological polar surface area (TPSA) is 55.4 Å². The van der Waals surface area contributed by atoms with Crippen LogP contribution < -0.4 is 0 Å². The lowest BCUT2D eigenvalue weighted by molar-refractivity contribution is 0.114. The molecule has 0 amide bonds.